The van der Waals surface area contributed by atoms with Crippen molar-refractivity contribution in [2.45, 2.75) is 24.0 Å². The topological polar surface area (TPSA) is 95.5 Å². The molecule has 1 atom stereocenters. The molecule has 0 bridgehead atoms. The molecule has 0 aliphatic carbocycles. The van der Waals surface area contributed by atoms with Gasteiger partial charge in [0.25, 0.3) is 5.91 Å². The third-order valence-electron chi connectivity index (χ3n) is 3.65. The first kappa shape index (κ1) is 20.8. The number of benzene rings is 2. The molecule has 0 aromatic heterocycles. The van der Waals surface area contributed by atoms with E-state index in [-0.39, 0.29) is 11.1 Å². The number of carbonyl (C=O) groups excluding carboxylic acids is 1. The van der Waals surface area contributed by atoms with Crippen LogP contribution in [0.15, 0.2) is 47.4 Å². The lowest BCUT2D eigenvalue weighted by Gasteiger charge is -2.16. The molecule has 2 aromatic carbocycles. The maximum absolute atomic E-state index is 14.1. The Morgan fingerprint density at radius 1 is 1.11 bits per heavy atom. The SMILES string of the molecule is C[C@H](NS(=O)(=O)c1ccc(C(F)(F)F)cc1)c1ccc(C(=O)NO)cc1F. The van der Waals surface area contributed by atoms with Gasteiger partial charge >= 0.3 is 6.18 Å². The Hall–Kier alpha value is -2.50. The summed E-state index contributed by atoms with van der Waals surface area (Å²) in [7, 11) is -4.22. The number of nitrogens with one attached hydrogen (secondary N) is 2. The Morgan fingerprint density at radius 3 is 2.19 bits per heavy atom. The highest BCUT2D eigenvalue weighted by atomic mass is 32.2. The van der Waals surface area contributed by atoms with Crippen LogP contribution in [0.3, 0.4) is 0 Å². The number of alkyl halides is 3. The van der Waals surface area contributed by atoms with E-state index in [0.29, 0.717) is 12.1 Å². The highest BCUT2D eigenvalue weighted by Gasteiger charge is 2.31. The fourth-order valence-electron chi connectivity index (χ4n) is 2.27. The first-order valence-electron chi connectivity index (χ1n) is 7.39. The second-order valence-electron chi connectivity index (χ2n) is 5.54. The standard InChI is InChI=1S/C16H14F4N2O4S/c1-9(13-7-2-10(8-14(13)17)15(23)21-24)22-27(25,26)12-5-3-11(4-6-12)16(18,19)20/h2-9,22,24H,1H3,(H,21,23)/t9-/m0/s1. The summed E-state index contributed by atoms with van der Waals surface area (Å²) in [5, 5.41) is 8.52. The number of halogens is 4. The molecule has 0 aliphatic rings. The molecule has 2 aromatic rings. The predicted molar refractivity (Wildman–Crippen MR) is 85.8 cm³/mol. The van der Waals surface area contributed by atoms with Gasteiger partial charge in [-0.2, -0.15) is 13.2 Å². The van der Waals surface area contributed by atoms with Crippen LogP contribution < -0.4 is 10.2 Å². The minimum atomic E-state index is -4.60. The van der Waals surface area contributed by atoms with Crippen molar-refractivity contribution >= 4 is 15.9 Å². The van der Waals surface area contributed by atoms with Crippen molar-refractivity contribution in [1.29, 1.82) is 0 Å². The third-order valence-corrected chi connectivity index (χ3v) is 5.21. The molecular formula is C16H14F4N2O4S. The smallest absolute Gasteiger partial charge is 0.288 e. The van der Waals surface area contributed by atoms with E-state index in [9.17, 15) is 30.8 Å². The van der Waals surface area contributed by atoms with E-state index in [4.69, 9.17) is 5.21 Å². The minimum absolute atomic E-state index is 0.0972. The predicted octanol–water partition coefficient (Wildman–Crippen LogP) is 3.00. The quantitative estimate of drug-likeness (QED) is 0.404. The molecule has 0 spiro atoms. The Bertz CT molecular complexity index is 944. The summed E-state index contributed by atoms with van der Waals surface area (Å²) in [6.45, 7) is 1.33. The molecule has 2 rings (SSSR count). The number of amides is 1. The van der Waals surface area contributed by atoms with Gasteiger partial charge < -0.3 is 0 Å². The zero-order valence-electron chi connectivity index (χ0n) is 13.7. The van der Waals surface area contributed by atoms with Crippen molar-refractivity contribution in [3.05, 3.63) is 65.0 Å². The molecule has 0 fully saturated rings. The molecule has 0 saturated heterocycles. The zero-order chi connectivity index (χ0) is 20.4. The van der Waals surface area contributed by atoms with E-state index < -0.39 is 44.4 Å². The second kappa shape index (κ2) is 7.62. The van der Waals surface area contributed by atoms with Crippen LogP contribution in [0.4, 0.5) is 17.6 Å². The minimum Gasteiger partial charge on any atom is -0.288 e. The van der Waals surface area contributed by atoms with Crippen molar-refractivity contribution in [3.8, 4) is 0 Å². The molecule has 3 N–H and O–H groups in total. The number of sulfonamides is 1. The maximum atomic E-state index is 14.1. The summed E-state index contributed by atoms with van der Waals surface area (Å²) in [6.07, 6.45) is -4.60. The van der Waals surface area contributed by atoms with Gasteiger partial charge in [-0.05, 0) is 43.3 Å². The first-order chi connectivity index (χ1) is 12.5. The van der Waals surface area contributed by atoms with Crippen molar-refractivity contribution in [2.24, 2.45) is 0 Å². The molecule has 0 unspecified atom stereocenters. The van der Waals surface area contributed by atoms with E-state index in [0.717, 1.165) is 24.3 Å². The van der Waals surface area contributed by atoms with E-state index in [1.54, 1.807) is 0 Å². The van der Waals surface area contributed by atoms with Gasteiger partial charge in [0.15, 0.2) is 0 Å². The van der Waals surface area contributed by atoms with Crippen LogP contribution in [-0.2, 0) is 16.2 Å². The van der Waals surface area contributed by atoms with Crippen LogP contribution in [0.2, 0.25) is 0 Å². The summed E-state index contributed by atoms with van der Waals surface area (Å²) in [4.78, 5) is 10.8. The second-order valence-corrected chi connectivity index (χ2v) is 7.26. The molecule has 0 saturated carbocycles. The number of carbonyl (C=O) groups is 1. The number of hydrogen-bond donors (Lipinski definition) is 3. The monoisotopic (exact) mass is 406 g/mol. The van der Waals surface area contributed by atoms with Crippen LogP contribution in [0.1, 0.15) is 34.5 Å². The summed E-state index contributed by atoms with van der Waals surface area (Å²) >= 11 is 0. The fraction of sp³-hybridized carbons (Fsp3) is 0.188. The number of hydroxylamine groups is 1. The van der Waals surface area contributed by atoms with Crippen molar-refractivity contribution in [1.82, 2.24) is 10.2 Å². The Labute approximate surface area is 151 Å². The van der Waals surface area contributed by atoms with Gasteiger partial charge in [0, 0.05) is 17.2 Å². The van der Waals surface area contributed by atoms with Crippen molar-refractivity contribution < 1.29 is 36.0 Å². The lowest BCUT2D eigenvalue weighted by Crippen LogP contribution is -2.28. The zero-order valence-corrected chi connectivity index (χ0v) is 14.5. The van der Waals surface area contributed by atoms with Crippen molar-refractivity contribution in [2.75, 3.05) is 0 Å². The Balaban J connectivity index is 2.23. The molecule has 0 heterocycles. The van der Waals surface area contributed by atoms with E-state index in [1.165, 1.54) is 18.5 Å². The van der Waals surface area contributed by atoms with Gasteiger partial charge in [0.1, 0.15) is 5.82 Å². The van der Waals surface area contributed by atoms with Gasteiger partial charge in [0.2, 0.25) is 10.0 Å². The van der Waals surface area contributed by atoms with Gasteiger partial charge in [-0.3, -0.25) is 10.0 Å². The highest BCUT2D eigenvalue weighted by Crippen LogP contribution is 2.30. The van der Waals surface area contributed by atoms with Gasteiger partial charge in [-0.25, -0.2) is 23.0 Å². The van der Waals surface area contributed by atoms with Crippen LogP contribution in [0.5, 0.6) is 0 Å². The lowest BCUT2D eigenvalue weighted by molar-refractivity contribution is -0.137. The normalized spacial score (nSPS) is 13.3. The molecule has 1 amide bonds. The summed E-state index contributed by atoms with van der Waals surface area (Å²) in [5.74, 6) is -1.85. The van der Waals surface area contributed by atoms with E-state index >= 15 is 0 Å². The van der Waals surface area contributed by atoms with E-state index in [2.05, 4.69) is 4.72 Å². The molecule has 146 valence electrons. The largest absolute Gasteiger partial charge is 0.416 e. The van der Waals surface area contributed by atoms with Crippen LogP contribution in [-0.4, -0.2) is 19.5 Å². The third kappa shape index (κ3) is 4.81. The summed E-state index contributed by atoms with van der Waals surface area (Å²) < 4.78 is 78.6. The van der Waals surface area contributed by atoms with Crippen LogP contribution in [0, 0.1) is 5.82 Å². The molecule has 27 heavy (non-hydrogen) atoms. The summed E-state index contributed by atoms with van der Waals surface area (Å²) in [6, 6.07) is 4.90. The average molecular weight is 406 g/mol. The molecule has 6 nitrogen and oxygen atoms in total. The van der Waals surface area contributed by atoms with Crippen molar-refractivity contribution in [3.63, 3.8) is 0 Å². The summed E-state index contributed by atoms with van der Waals surface area (Å²) in [5.41, 5.74) is 0.0522. The lowest BCUT2D eigenvalue weighted by atomic mass is 10.1. The van der Waals surface area contributed by atoms with Gasteiger partial charge in [-0.15, -0.1) is 0 Å². The Morgan fingerprint density at radius 2 is 1.70 bits per heavy atom. The maximum Gasteiger partial charge on any atom is 0.416 e. The van der Waals surface area contributed by atoms with Gasteiger partial charge in [-0.1, -0.05) is 6.07 Å². The Kier molecular flexibility index (Phi) is 5.88. The van der Waals surface area contributed by atoms with E-state index in [1.807, 2.05) is 0 Å². The average Bonchev–Trinajstić information content (AvgIpc) is 2.59. The molecule has 11 heteroatoms. The van der Waals surface area contributed by atoms with Gasteiger partial charge in [0.05, 0.1) is 10.5 Å². The molecule has 0 radical (unpaired) electrons. The fourth-order valence-corrected chi connectivity index (χ4v) is 3.49. The van der Waals surface area contributed by atoms with Crippen LogP contribution in [0.25, 0.3) is 0 Å². The first-order valence-corrected chi connectivity index (χ1v) is 8.87. The molecule has 0 aliphatic heterocycles. The van der Waals surface area contributed by atoms with Crippen LogP contribution >= 0.6 is 0 Å². The highest BCUT2D eigenvalue weighted by molar-refractivity contribution is 7.89. The number of hydrogen-bond acceptors (Lipinski definition) is 4. The number of rotatable bonds is 5. The molecular weight excluding hydrogens is 392 g/mol.